The fraction of sp³-hybridized carbons (Fsp3) is 0.0263. The molecule has 0 radical (unpaired) electrons. The molecule has 0 bridgehead atoms. The molecule has 0 aliphatic rings. The number of aryl methyl sites for hydroxylation is 1. The van der Waals surface area contributed by atoms with E-state index in [4.69, 9.17) is 4.98 Å². The van der Waals surface area contributed by atoms with E-state index in [2.05, 4.69) is 140 Å². The largest absolute Gasteiger partial charge is 0.248 e. The predicted molar refractivity (Wildman–Crippen MR) is 166 cm³/mol. The van der Waals surface area contributed by atoms with E-state index in [0.717, 1.165) is 16.8 Å². The Morgan fingerprint density at radius 2 is 1.05 bits per heavy atom. The van der Waals surface area contributed by atoms with Gasteiger partial charge < -0.3 is 0 Å². The van der Waals surface area contributed by atoms with E-state index >= 15 is 0 Å². The third-order valence-corrected chi connectivity index (χ3v) is 8.15. The maximum Gasteiger partial charge on any atom is 0.0712 e. The van der Waals surface area contributed by atoms with Crippen LogP contribution in [0.15, 0.2) is 133 Å². The lowest BCUT2D eigenvalue weighted by Crippen LogP contribution is -1.91. The zero-order chi connectivity index (χ0) is 25.9. The number of rotatable bonds is 3. The molecule has 7 aromatic carbocycles. The van der Waals surface area contributed by atoms with Gasteiger partial charge in [0.1, 0.15) is 0 Å². The Hall–Kier alpha value is -5.01. The highest BCUT2D eigenvalue weighted by atomic mass is 14.7. The second kappa shape index (κ2) is 8.51. The average molecular weight is 496 g/mol. The van der Waals surface area contributed by atoms with Gasteiger partial charge in [-0.25, -0.2) is 4.98 Å². The van der Waals surface area contributed by atoms with Crippen molar-refractivity contribution in [2.75, 3.05) is 0 Å². The molecule has 0 fully saturated rings. The SMILES string of the molecule is Cc1cc(-c2ccc(-c3cc(-c4ccccc4)c4ccc5cccc6ccc3c4c56)cc2)nc2ccccc12. The van der Waals surface area contributed by atoms with Gasteiger partial charge in [-0.1, -0.05) is 115 Å². The minimum atomic E-state index is 1.01. The molecule has 1 heterocycles. The van der Waals surface area contributed by atoms with Crippen LogP contribution in [0.25, 0.3) is 76.7 Å². The first-order valence-corrected chi connectivity index (χ1v) is 13.5. The van der Waals surface area contributed by atoms with Crippen molar-refractivity contribution in [2.24, 2.45) is 0 Å². The van der Waals surface area contributed by atoms with Gasteiger partial charge in [0.15, 0.2) is 0 Å². The van der Waals surface area contributed by atoms with Crippen LogP contribution in [0.4, 0.5) is 0 Å². The van der Waals surface area contributed by atoms with Crippen molar-refractivity contribution in [3.63, 3.8) is 0 Å². The van der Waals surface area contributed by atoms with Crippen LogP contribution < -0.4 is 0 Å². The number of hydrogen-bond donors (Lipinski definition) is 0. The van der Waals surface area contributed by atoms with E-state index in [9.17, 15) is 0 Å². The summed E-state index contributed by atoms with van der Waals surface area (Å²) in [6.45, 7) is 2.16. The molecule has 0 aliphatic heterocycles. The van der Waals surface area contributed by atoms with Gasteiger partial charge in [0.2, 0.25) is 0 Å². The zero-order valence-electron chi connectivity index (χ0n) is 21.6. The number of benzene rings is 7. The molecule has 8 rings (SSSR count). The molecule has 1 aromatic heterocycles. The monoisotopic (exact) mass is 495 g/mol. The van der Waals surface area contributed by atoms with E-state index in [-0.39, 0.29) is 0 Å². The van der Waals surface area contributed by atoms with Crippen molar-refractivity contribution >= 4 is 43.2 Å². The summed E-state index contributed by atoms with van der Waals surface area (Å²) in [7, 11) is 0. The normalized spacial score (nSPS) is 11.7. The Bertz CT molecular complexity index is 2140. The molecule has 39 heavy (non-hydrogen) atoms. The second-order valence-electron chi connectivity index (χ2n) is 10.4. The standard InChI is InChI=1S/C38H25N/c1-24-22-36(39-35-13-6-5-12-30(24)35)27-16-14-26(15-17-27)34-23-33(25-8-3-2-4-9-25)31-20-18-28-10-7-11-29-19-21-32(34)38(31)37(28)29/h2-23H,1H3. The molecule has 0 saturated carbocycles. The van der Waals surface area contributed by atoms with Crippen LogP contribution in [0.2, 0.25) is 0 Å². The molecule has 0 N–H and O–H groups in total. The number of para-hydroxylation sites is 1. The molecule has 8 aromatic rings. The number of fused-ring (bicyclic) bond motifs is 1. The Morgan fingerprint density at radius 1 is 0.436 bits per heavy atom. The average Bonchev–Trinajstić information content (AvgIpc) is 3.00. The Morgan fingerprint density at radius 3 is 1.77 bits per heavy atom. The Balaban J connectivity index is 1.36. The molecule has 0 saturated heterocycles. The molecule has 0 spiro atoms. The molecule has 0 unspecified atom stereocenters. The highest BCUT2D eigenvalue weighted by molar-refractivity contribution is 6.28. The van der Waals surface area contributed by atoms with Crippen molar-refractivity contribution < 1.29 is 0 Å². The first kappa shape index (κ1) is 22.0. The Labute approximate surface area is 227 Å². The molecule has 0 aliphatic carbocycles. The van der Waals surface area contributed by atoms with Crippen LogP contribution in [0.3, 0.4) is 0 Å². The lowest BCUT2D eigenvalue weighted by Gasteiger charge is -2.18. The van der Waals surface area contributed by atoms with Crippen LogP contribution in [-0.4, -0.2) is 4.98 Å². The van der Waals surface area contributed by atoms with Crippen LogP contribution in [0.5, 0.6) is 0 Å². The quantitative estimate of drug-likeness (QED) is 0.222. The van der Waals surface area contributed by atoms with Crippen LogP contribution in [-0.2, 0) is 0 Å². The number of hydrogen-bond acceptors (Lipinski definition) is 1. The number of pyridine rings is 1. The fourth-order valence-corrected chi connectivity index (χ4v) is 6.24. The minimum Gasteiger partial charge on any atom is -0.248 e. The van der Waals surface area contributed by atoms with Crippen molar-refractivity contribution in [3.05, 3.63) is 139 Å². The van der Waals surface area contributed by atoms with Gasteiger partial charge in [0, 0.05) is 10.9 Å². The summed E-state index contributed by atoms with van der Waals surface area (Å²) < 4.78 is 0. The summed E-state index contributed by atoms with van der Waals surface area (Å²) in [6.07, 6.45) is 0. The number of aromatic nitrogens is 1. The molecule has 1 nitrogen and oxygen atoms in total. The maximum absolute atomic E-state index is 4.97. The second-order valence-corrected chi connectivity index (χ2v) is 10.4. The fourth-order valence-electron chi connectivity index (χ4n) is 6.24. The Kier molecular flexibility index (Phi) is 4.80. The summed E-state index contributed by atoms with van der Waals surface area (Å²) in [5.41, 5.74) is 9.41. The maximum atomic E-state index is 4.97. The van der Waals surface area contributed by atoms with Gasteiger partial charge in [0.05, 0.1) is 11.2 Å². The lowest BCUT2D eigenvalue weighted by molar-refractivity contribution is 1.36. The van der Waals surface area contributed by atoms with Gasteiger partial charge in [-0.05, 0) is 85.3 Å². The predicted octanol–water partition coefficient (Wildman–Crippen LogP) is 10.4. The van der Waals surface area contributed by atoms with Crippen LogP contribution in [0.1, 0.15) is 5.56 Å². The summed E-state index contributed by atoms with van der Waals surface area (Å²) >= 11 is 0. The van der Waals surface area contributed by atoms with Crippen LogP contribution >= 0.6 is 0 Å². The lowest BCUT2D eigenvalue weighted by atomic mass is 9.85. The van der Waals surface area contributed by atoms with E-state index in [0.29, 0.717) is 0 Å². The molecule has 182 valence electrons. The highest BCUT2D eigenvalue weighted by Crippen LogP contribution is 2.44. The molecular weight excluding hydrogens is 470 g/mol. The number of nitrogens with zero attached hydrogens (tertiary/aromatic N) is 1. The van der Waals surface area contributed by atoms with E-state index < -0.39 is 0 Å². The molecular formula is C38H25N. The van der Waals surface area contributed by atoms with E-state index in [1.807, 2.05) is 0 Å². The minimum absolute atomic E-state index is 1.01. The van der Waals surface area contributed by atoms with Gasteiger partial charge in [-0.15, -0.1) is 0 Å². The third-order valence-electron chi connectivity index (χ3n) is 8.15. The van der Waals surface area contributed by atoms with Gasteiger partial charge in [-0.3, -0.25) is 0 Å². The van der Waals surface area contributed by atoms with Crippen molar-refractivity contribution in [2.45, 2.75) is 6.92 Å². The first-order valence-electron chi connectivity index (χ1n) is 13.5. The van der Waals surface area contributed by atoms with Crippen molar-refractivity contribution in [3.8, 4) is 33.5 Å². The zero-order valence-corrected chi connectivity index (χ0v) is 21.6. The van der Waals surface area contributed by atoms with Gasteiger partial charge in [-0.2, -0.15) is 0 Å². The first-order chi connectivity index (χ1) is 19.2. The smallest absolute Gasteiger partial charge is 0.0712 e. The molecule has 1 heteroatoms. The third kappa shape index (κ3) is 3.44. The van der Waals surface area contributed by atoms with Crippen molar-refractivity contribution in [1.29, 1.82) is 0 Å². The van der Waals surface area contributed by atoms with E-state index in [1.165, 1.54) is 65.5 Å². The van der Waals surface area contributed by atoms with Gasteiger partial charge in [0.25, 0.3) is 0 Å². The van der Waals surface area contributed by atoms with Crippen LogP contribution in [0, 0.1) is 6.92 Å². The highest BCUT2D eigenvalue weighted by Gasteiger charge is 2.16. The summed E-state index contributed by atoms with van der Waals surface area (Å²) in [4.78, 5) is 4.97. The van der Waals surface area contributed by atoms with Crippen molar-refractivity contribution in [1.82, 2.24) is 4.98 Å². The summed E-state index contributed by atoms with van der Waals surface area (Å²) in [5, 5.41) is 9.07. The molecule has 0 amide bonds. The molecule has 0 atom stereocenters. The van der Waals surface area contributed by atoms with Gasteiger partial charge >= 0.3 is 0 Å². The summed E-state index contributed by atoms with van der Waals surface area (Å²) in [5.74, 6) is 0. The van der Waals surface area contributed by atoms with E-state index in [1.54, 1.807) is 0 Å². The summed E-state index contributed by atoms with van der Waals surface area (Å²) in [6, 6.07) is 48.4. The topological polar surface area (TPSA) is 12.9 Å².